The Morgan fingerprint density at radius 3 is 3.14 bits per heavy atom. The van der Waals surface area contributed by atoms with Crippen molar-refractivity contribution in [1.29, 1.82) is 0 Å². The maximum Gasteiger partial charge on any atom is 0.270 e. The normalized spacial score (nSPS) is 16.4. The standard InChI is InChI=1S/C11H7NO2/c13-11-2-1-7-5-8-3-4-14-10(8)6-9(7)12-11/h1-3,5-6H,4H2. The summed E-state index contributed by atoms with van der Waals surface area (Å²) in [6, 6.07) is 3.81. The van der Waals surface area contributed by atoms with Gasteiger partial charge in [-0.3, -0.25) is 4.79 Å². The molecule has 1 amide bonds. The number of amides is 1. The summed E-state index contributed by atoms with van der Waals surface area (Å²) in [6.45, 7) is 0.607. The second kappa shape index (κ2) is 2.54. The smallest absolute Gasteiger partial charge is 0.270 e. The Hall–Kier alpha value is -1.90. The van der Waals surface area contributed by atoms with Gasteiger partial charge in [-0.05, 0) is 18.2 Å². The molecule has 3 nitrogen and oxygen atoms in total. The van der Waals surface area contributed by atoms with Crippen LogP contribution in [0.4, 0.5) is 0 Å². The first-order valence-corrected chi connectivity index (χ1v) is 4.41. The SMILES string of the molecule is O=C1C=Cc2cc3c(cc2=N1)OCC=3. The minimum absolute atomic E-state index is 0.209. The van der Waals surface area contributed by atoms with Crippen LogP contribution in [-0.2, 0) is 4.79 Å². The summed E-state index contributed by atoms with van der Waals surface area (Å²) < 4.78 is 5.35. The van der Waals surface area contributed by atoms with E-state index in [0.29, 0.717) is 12.0 Å². The van der Waals surface area contributed by atoms with Gasteiger partial charge in [0, 0.05) is 22.9 Å². The monoisotopic (exact) mass is 185 g/mol. The largest absolute Gasteiger partial charge is 0.489 e. The molecule has 0 saturated heterocycles. The van der Waals surface area contributed by atoms with Crippen molar-refractivity contribution in [3.05, 3.63) is 34.3 Å². The van der Waals surface area contributed by atoms with Gasteiger partial charge in [-0.15, -0.1) is 0 Å². The predicted octanol–water partition coefficient (Wildman–Crippen LogP) is 0.0325. The van der Waals surface area contributed by atoms with Gasteiger partial charge in [0.1, 0.15) is 12.4 Å². The molecule has 1 aromatic carbocycles. The van der Waals surface area contributed by atoms with Crippen LogP contribution in [0.5, 0.6) is 5.75 Å². The third kappa shape index (κ3) is 0.988. The number of carbonyl (C=O) groups excluding carboxylic acids is 1. The van der Waals surface area contributed by atoms with Gasteiger partial charge in [0.05, 0.1) is 5.36 Å². The third-order valence-electron chi connectivity index (χ3n) is 2.34. The first-order valence-electron chi connectivity index (χ1n) is 4.41. The van der Waals surface area contributed by atoms with Crippen molar-refractivity contribution in [2.24, 2.45) is 4.99 Å². The maximum absolute atomic E-state index is 11.0. The predicted molar refractivity (Wildman–Crippen MR) is 51.2 cm³/mol. The summed E-state index contributed by atoms with van der Waals surface area (Å²) in [5.74, 6) is 0.607. The molecular formula is C11H7NO2. The van der Waals surface area contributed by atoms with E-state index < -0.39 is 0 Å². The van der Waals surface area contributed by atoms with Crippen LogP contribution in [0, 0.1) is 0 Å². The lowest BCUT2D eigenvalue weighted by atomic mass is 10.1. The van der Waals surface area contributed by atoms with Gasteiger partial charge in [0.15, 0.2) is 0 Å². The summed E-state index contributed by atoms with van der Waals surface area (Å²) in [7, 11) is 0. The highest BCUT2D eigenvalue weighted by Crippen LogP contribution is 2.08. The van der Waals surface area contributed by atoms with E-state index in [1.54, 1.807) is 6.08 Å². The van der Waals surface area contributed by atoms with Gasteiger partial charge in [-0.25, -0.2) is 4.99 Å². The molecule has 14 heavy (non-hydrogen) atoms. The van der Waals surface area contributed by atoms with Crippen LogP contribution < -0.4 is 15.3 Å². The molecule has 3 heteroatoms. The molecule has 0 saturated carbocycles. The summed E-state index contributed by atoms with van der Waals surface area (Å²) in [5.41, 5.74) is 0.977. The number of ether oxygens (including phenoxy) is 1. The highest BCUT2D eigenvalue weighted by Gasteiger charge is 2.09. The third-order valence-corrected chi connectivity index (χ3v) is 2.34. The summed E-state index contributed by atoms with van der Waals surface area (Å²) >= 11 is 0. The minimum Gasteiger partial charge on any atom is -0.489 e. The molecule has 68 valence electrons. The summed E-state index contributed by atoms with van der Waals surface area (Å²) in [4.78, 5) is 14.9. The molecule has 0 fully saturated rings. The molecule has 0 bridgehead atoms. The van der Waals surface area contributed by atoms with E-state index >= 15 is 0 Å². The fourth-order valence-electron chi connectivity index (χ4n) is 1.66. The molecule has 2 heterocycles. The van der Waals surface area contributed by atoms with Gasteiger partial charge in [-0.1, -0.05) is 0 Å². The zero-order valence-corrected chi connectivity index (χ0v) is 7.36. The van der Waals surface area contributed by atoms with Crippen LogP contribution in [0.2, 0.25) is 0 Å². The zero-order chi connectivity index (χ0) is 9.54. The second-order valence-electron chi connectivity index (χ2n) is 3.25. The van der Waals surface area contributed by atoms with Gasteiger partial charge < -0.3 is 4.74 Å². The first-order chi connectivity index (χ1) is 6.83. The van der Waals surface area contributed by atoms with E-state index in [4.69, 9.17) is 4.74 Å². The molecular weight excluding hydrogens is 178 g/mol. The van der Waals surface area contributed by atoms with Gasteiger partial charge >= 0.3 is 0 Å². The van der Waals surface area contributed by atoms with Crippen molar-refractivity contribution in [3.63, 3.8) is 0 Å². The molecule has 2 aliphatic heterocycles. The van der Waals surface area contributed by atoms with E-state index in [1.165, 1.54) is 6.08 Å². The Balaban J connectivity index is 2.38. The molecule has 3 rings (SSSR count). The van der Waals surface area contributed by atoms with Crippen molar-refractivity contribution in [1.82, 2.24) is 0 Å². The maximum atomic E-state index is 11.0. The number of benzene rings is 1. The quantitative estimate of drug-likeness (QED) is 0.572. The van der Waals surface area contributed by atoms with Crippen LogP contribution in [0.3, 0.4) is 0 Å². The average Bonchev–Trinajstić information content (AvgIpc) is 2.61. The lowest BCUT2D eigenvalue weighted by molar-refractivity contribution is -0.113. The average molecular weight is 185 g/mol. The fourth-order valence-corrected chi connectivity index (χ4v) is 1.66. The number of rotatable bonds is 0. The molecule has 0 aliphatic carbocycles. The van der Waals surface area contributed by atoms with Crippen molar-refractivity contribution in [3.8, 4) is 5.75 Å². The van der Waals surface area contributed by atoms with Crippen LogP contribution in [0.15, 0.2) is 23.2 Å². The Kier molecular flexibility index (Phi) is 1.36. The molecule has 0 spiro atoms. The van der Waals surface area contributed by atoms with Crippen molar-refractivity contribution in [2.75, 3.05) is 6.61 Å². The van der Waals surface area contributed by atoms with Crippen molar-refractivity contribution < 1.29 is 9.53 Å². The van der Waals surface area contributed by atoms with Crippen LogP contribution in [0.1, 0.15) is 5.56 Å². The van der Waals surface area contributed by atoms with E-state index in [-0.39, 0.29) is 5.91 Å². The van der Waals surface area contributed by atoms with Gasteiger partial charge in [0.2, 0.25) is 0 Å². The Morgan fingerprint density at radius 2 is 2.21 bits per heavy atom. The molecule has 2 aliphatic rings. The Bertz CT molecular complexity index is 570. The molecule has 0 radical (unpaired) electrons. The molecule has 0 atom stereocenters. The lowest BCUT2D eigenvalue weighted by Gasteiger charge is -2.02. The molecule has 1 aromatic rings. The number of nitrogens with zero attached hydrogens (tertiary/aromatic N) is 1. The molecule has 0 N–H and O–H groups in total. The lowest BCUT2D eigenvalue weighted by Crippen LogP contribution is -2.17. The topological polar surface area (TPSA) is 38.7 Å². The highest BCUT2D eigenvalue weighted by molar-refractivity contribution is 5.94. The Morgan fingerprint density at radius 1 is 1.29 bits per heavy atom. The second-order valence-corrected chi connectivity index (χ2v) is 3.25. The number of carbonyl (C=O) groups is 1. The Labute approximate surface area is 80.0 Å². The van der Waals surface area contributed by atoms with Crippen molar-refractivity contribution in [2.45, 2.75) is 0 Å². The van der Waals surface area contributed by atoms with Crippen LogP contribution in [-0.4, -0.2) is 12.5 Å². The summed E-state index contributed by atoms with van der Waals surface area (Å²) in [6.07, 6.45) is 5.28. The molecule has 0 unspecified atom stereocenters. The van der Waals surface area contributed by atoms with Gasteiger partial charge in [0.25, 0.3) is 5.91 Å². The van der Waals surface area contributed by atoms with E-state index in [0.717, 1.165) is 16.5 Å². The number of hydrogen-bond donors (Lipinski definition) is 0. The number of hydrogen-bond acceptors (Lipinski definition) is 2. The minimum atomic E-state index is -0.209. The fraction of sp³-hybridized carbons (Fsp3) is 0.0909. The highest BCUT2D eigenvalue weighted by atomic mass is 16.5. The number of fused-ring (bicyclic) bond motifs is 2. The van der Waals surface area contributed by atoms with Crippen LogP contribution >= 0.6 is 0 Å². The van der Waals surface area contributed by atoms with Gasteiger partial charge in [-0.2, -0.15) is 0 Å². The zero-order valence-electron chi connectivity index (χ0n) is 7.36. The summed E-state index contributed by atoms with van der Waals surface area (Å²) in [5, 5.41) is 1.78. The van der Waals surface area contributed by atoms with E-state index in [9.17, 15) is 4.79 Å². The first kappa shape index (κ1) is 7.50. The van der Waals surface area contributed by atoms with E-state index in [2.05, 4.69) is 4.99 Å². The van der Waals surface area contributed by atoms with Crippen LogP contribution in [0.25, 0.3) is 12.2 Å². The van der Waals surface area contributed by atoms with E-state index in [1.807, 2.05) is 18.2 Å². The van der Waals surface area contributed by atoms with Crippen molar-refractivity contribution >= 4 is 18.1 Å². The molecule has 0 aromatic heterocycles.